The maximum Gasteiger partial charge on any atom is 0.152 e. The van der Waals surface area contributed by atoms with E-state index in [9.17, 15) is 0 Å². The molecule has 0 amide bonds. The number of anilines is 6. The number of fused-ring (bicyclic) bond motifs is 10. The topological polar surface area (TPSA) is 15.7 Å². The number of hydrogen-bond acceptors (Lipinski definition) is 3. The van der Waals surface area contributed by atoms with Crippen LogP contribution in [0, 0.1) is 0 Å². The molecular formula is C57H40N2O. The highest BCUT2D eigenvalue weighted by Gasteiger charge is 2.38. The van der Waals surface area contributed by atoms with Crippen molar-refractivity contribution in [1.82, 2.24) is 0 Å². The molecule has 2 aliphatic heterocycles. The van der Waals surface area contributed by atoms with Crippen LogP contribution >= 0.6 is 0 Å². The van der Waals surface area contributed by atoms with Crippen molar-refractivity contribution in [2.45, 2.75) is 19.3 Å². The van der Waals surface area contributed by atoms with E-state index in [0.717, 1.165) is 56.5 Å². The van der Waals surface area contributed by atoms with Crippen LogP contribution in [0.3, 0.4) is 0 Å². The van der Waals surface area contributed by atoms with Gasteiger partial charge in [0.15, 0.2) is 11.5 Å². The summed E-state index contributed by atoms with van der Waals surface area (Å²) in [5.74, 6) is 1.66. The lowest BCUT2D eigenvalue weighted by atomic mass is 9.72. The van der Waals surface area contributed by atoms with Crippen LogP contribution in [0.15, 0.2) is 206 Å². The van der Waals surface area contributed by atoms with Gasteiger partial charge in [-0.3, -0.25) is 0 Å². The number of rotatable bonds is 4. The number of benzene rings is 10. The standard InChI is InChI=1S/C57H40N2O/c1-57(2)49-32-38(40-28-31-53-56(34-40)60-55-33-39(37-16-6-3-7-17-37)27-30-52(55)59(53)42-20-10-5-11-21-42)26-29-51(49)58(41-18-8-4-9-19-41)54-36-48-46-25-15-13-23-44(46)43-22-12-14-24-45(43)47(48)35-50(54)57/h3-36H,1-2H3. The zero-order valence-corrected chi connectivity index (χ0v) is 33.4. The van der Waals surface area contributed by atoms with Gasteiger partial charge in [-0.1, -0.05) is 147 Å². The Morgan fingerprint density at radius 2 is 0.717 bits per heavy atom. The molecule has 2 heterocycles. The smallest absolute Gasteiger partial charge is 0.152 e. The minimum atomic E-state index is -0.311. The maximum atomic E-state index is 6.89. The Hall–Kier alpha value is -7.62. The van der Waals surface area contributed by atoms with Gasteiger partial charge in [0.25, 0.3) is 0 Å². The Bertz CT molecular complexity index is 3320. The van der Waals surface area contributed by atoms with Crippen LogP contribution in [-0.2, 0) is 5.41 Å². The van der Waals surface area contributed by atoms with E-state index < -0.39 is 0 Å². The third-order valence-corrected chi connectivity index (χ3v) is 12.8. The molecule has 0 unspecified atom stereocenters. The Labute approximate surface area is 350 Å². The maximum absolute atomic E-state index is 6.89. The SMILES string of the molecule is CC1(C)c2cc(-c3ccc4c(c3)Oc3cc(-c5ccccc5)ccc3N4c3ccccc3)ccc2N(c2ccccc2)c2cc3c4ccccc4c4ccccc4c3cc21. The summed E-state index contributed by atoms with van der Waals surface area (Å²) in [6, 6.07) is 74.8. The number of ether oxygens (including phenoxy) is 1. The summed E-state index contributed by atoms with van der Waals surface area (Å²) in [7, 11) is 0. The average Bonchev–Trinajstić information content (AvgIpc) is 3.31. The molecule has 0 aromatic heterocycles. The lowest BCUT2D eigenvalue weighted by Crippen LogP contribution is -2.30. The summed E-state index contributed by atoms with van der Waals surface area (Å²) in [5, 5.41) is 7.70. The lowest BCUT2D eigenvalue weighted by molar-refractivity contribution is 0.477. The molecule has 12 rings (SSSR count). The first-order valence-electron chi connectivity index (χ1n) is 20.8. The number of hydrogen-bond donors (Lipinski definition) is 0. The highest BCUT2D eigenvalue weighted by Crippen LogP contribution is 2.56. The number of para-hydroxylation sites is 2. The van der Waals surface area contributed by atoms with Crippen molar-refractivity contribution in [2.75, 3.05) is 9.80 Å². The first kappa shape index (κ1) is 34.4. The quantitative estimate of drug-likeness (QED) is 0.166. The van der Waals surface area contributed by atoms with Crippen LogP contribution in [0.5, 0.6) is 11.5 Å². The highest BCUT2D eigenvalue weighted by molar-refractivity contribution is 6.26. The van der Waals surface area contributed by atoms with Crippen LogP contribution in [-0.4, -0.2) is 0 Å². The molecule has 284 valence electrons. The molecule has 0 atom stereocenters. The summed E-state index contributed by atoms with van der Waals surface area (Å²) in [6.07, 6.45) is 0. The Morgan fingerprint density at radius 3 is 1.27 bits per heavy atom. The van der Waals surface area contributed by atoms with E-state index >= 15 is 0 Å². The fourth-order valence-electron chi connectivity index (χ4n) is 9.82. The molecule has 0 N–H and O–H groups in total. The molecule has 0 fully saturated rings. The fraction of sp³-hybridized carbons (Fsp3) is 0.0526. The van der Waals surface area contributed by atoms with Crippen LogP contribution in [0.1, 0.15) is 25.0 Å². The number of nitrogens with zero attached hydrogens (tertiary/aromatic N) is 2. The summed E-state index contributed by atoms with van der Waals surface area (Å²) >= 11 is 0. The first-order valence-corrected chi connectivity index (χ1v) is 20.8. The van der Waals surface area contributed by atoms with Gasteiger partial charge in [0.2, 0.25) is 0 Å². The molecule has 3 heteroatoms. The molecule has 2 aliphatic rings. The highest BCUT2D eigenvalue weighted by atomic mass is 16.5. The molecule has 3 nitrogen and oxygen atoms in total. The van der Waals surface area contributed by atoms with Gasteiger partial charge in [0, 0.05) is 16.8 Å². The van der Waals surface area contributed by atoms with Crippen LogP contribution < -0.4 is 14.5 Å². The van der Waals surface area contributed by atoms with Gasteiger partial charge >= 0.3 is 0 Å². The normalized spacial score (nSPS) is 13.7. The van der Waals surface area contributed by atoms with Crippen molar-refractivity contribution >= 4 is 66.4 Å². The molecular weight excluding hydrogens is 729 g/mol. The van der Waals surface area contributed by atoms with Gasteiger partial charge in [-0.05, 0) is 138 Å². The van der Waals surface area contributed by atoms with Gasteiger partial charge in [0.05, 0.1) is 22.7 Å². The molecule has 0 radical (unpaired) electrons. The molecule has 60 heavy (non-hydrogen) atoms. The summed E-state index contributed by atoms with van der Waals surface area (Å²) in [4.78, 5) is 4.78. The molecule has 0 aliphatic carbocycles. The summed E-state index contributed by atoms with van der Waals surface area (Å²) < 4.78 is 6.89. The summed E-state index contributed by atoms with van der Waals surface area (Å²) in [6.45, 7) is 4.78. The zero-order chi connectivity index (χ0) is 40.0. The van der Waals surface area contributed by atoms with Gasteiger partial charge < -0.3 is 14.5 Å². The average molecular weight is 769 g/mol. The third kappa shape index (κ3) is 5.22. The van der Waals surface area contributed by atoms with Gasteiger partial charge in [-0.25, -0.2) is 0 Å². The monoisotopic (exact) mass is 768 g/mol. The van der Waals surface area contributed by atoms with E-state index in [2.05, 4.69) is 230 Å². The Morgan fingerprint density at radius 1 is 0.317 bits per heavy atom. The van der Waals surface area contributed by atoms with E-state index in [4.69, 9.17) is 4.74 Å². The van der Waals surface area contributed by atoms with Crippen LogP contribution in [0.25, 0.3) is 54.6 Å². The van der Waals surface area contributed by atoms with Gasteiger partial charge in [0.1, 0.15) is 0 Å². The largest absolute Gasteiger partial charge is 0.453 e. The molecule has 0 bridgehead atoms. The molecule has 10 aromatic carbocycles. The second kappa shape index (κ2) is 13.2. The molecule has 0 spiro atoms. The second-order valence-corrected chi connectivity index (χ2v) is 16.5. The predicted octanol–water partition coefficient (Wildman–Crippen LogP) is 16.2. The van der Waals surface area contributed by atoms with E-state index in [1.807, 2.05) is 0 Å². The molecule has 0 saturated carbocycles. The lowest BCUT2D eigenvalue weighted by Gasteiger charge is -2.42. The van der Waals surface area contributed by atoms with Crippen molar-refractivity contribution in [3.63, 3.8) is 0 Å². The minimum Gasteiger partial charge on any atom is -0.453 e. The van der Waals surface area contributed by atoms with Crippen LogP contribution in [0.4, 0.5) is 34.1 Å². The Kier molecular flexibility index (Phi) is 7.58. The Balaban J connectivity index is 1.03. The van der Waals surface area contributed by atoms with Crippen molar-refractivity contribution in [3.05, 3.63) is 217 Å². The van der Waals surface area contributed by atoms with E-state index in [0.29, 0.717) is 0 Å². The zero-order valence-electron chi connectivity index (χ0n) is 33.4. The van der Waals surface area contributed by atoms with E-state index in [1.54, 1.807) is 0 Å². The predicted molar refractivity (Wildman–Crippen MR) is 251 cm³/mol. The second-order valence-electron chi connectivity index (χ2n) is 16.5. The van der Waals surface area contributed by atoms with Crippen molar-refractivity contribution in [1.29, 1.82) is 0 Å². The van der Waals surface area contributed by atoms with Crippen LogP contribution in [0.2, 0.25) is 0 Å². The minimum absolute atomic E-state index is 0.311. The van der Waals surface area contributed by atoms with Gasteiger partial charge in [-0.2, -0.15) is 0 Å². The molecule has 0 saturated heterocycles. The van der Waals surface area contributed by atoms with E-state index in [1.165, 1.54) is 54.8 Å². The molecule has 10 aromatic rings. The third-order valence-electron chi connectivity index (χ3n) is 12.8. The first-order chi connectivity index (χ1) is 29.5. The van der Waals surface area contributed by atoms with Crippen molar-refractivity contribution in [3.8, 4) is 33.8 Å². The fourth-order valence-corrected chi connectivity index (χ4v) is 9.82. The van der Waals surface area contributed by atoms with Gasteiger partial charge in [-0.15, -0.1) is 0 Å². The van der Waals surface area contributed by atoms with Crippen molar-refractivity contribution in [2.24, 2.45) is 0 Å². The summed E-state index contributed by atoms with van der Waals surface area (Å²) in [5.41, 5.74) is 13.5. The van der Waals surface area contributed by atoms with Crippen molar-refractivity contribution < 1.29 is 4.74 Å². The van der Waals surface area contributed by atoms with E-state index in [-0.39, 0.29) is 5.41 Å².